The van der Waals surface area contributed by atoms with E-state index in [1.807, 2.05) is 52.0 Å². The Labute approximate surface area is 307 Å². The molecule has 2 aliphatic carbocycles. The molecule has 16 heteroatoms. The maximum Gasteiger partial charge on any atom is 0.295 e. The van der Waals surface area contributed by atoms with Crippen LogP contribution in [0.2, 0.25) is 0 Å². The van der Waals surface area contributed by atoms with Crippen LogP contribution in [0.4, 0.5) is 5.69 Å². The van der Waals surface area contributed by atoms with Gasteiger partial charge in [0.05, 0.1) is 5.69 Å². The fourth-order valence-electron chi connectivity index (χ4n) is 6.97. The van der Waals surface area contributed by atoms with Crippen molar-refractivity contribution < 1.29 is 35.5 Å². The third-order valence-electron chi connectivity index (χ3n) is 9.65. The lowest BCUT2D eigenvalue weighted by Gasteiger charge is -2.28. The van der Waals surface area contributed by atoms with Gasteiger partial charge in [0.1, 0.15) is 21.5 Å². The SMILES string of the molecule is Cc1n[nH]c(C)c1-c1ccc(NC(=O)[C@@H](NC(=O)c2ccnn2C(C)C)C(C2CC2)C2CC2)cc1.O=S(=O)(O)c1cccc2c(S(=O)(=O)O)cccc12. The van der Waals surface area contributed by atoms with Crippen molar-refractivity contribution in [3.63, 3.8) is 0 Å². The predicted molar refractivity (Wildman–Crippen MR) is 199 cm³/mol. The van der Waals surface area contributed by atoms with Crippen molar-refractivity contribution in [2.45, 2.75) is 75.3 Å². The van der Waals surface area contributed by atoms with E-state index in [9.17, 15) is 26.4 Å². The molecule has 0 bridgehead atoms. The number of aromatic nitrogens is 4. The van der Waals surface area contributed by atoms with Gasteiger partial charge in [0.15, 0.2) is 0 Å². The van der Waals surface area contributed by atoms with E-state index in [4.69, 9.17) is 9.11 Å². The minimum Gasteiger partial charge on any atom is -0.339 e. The van der Waals surface area contributed by atoms with Crippen LogP contribution in [0.3, 0.4) is 0 Å². The quantitative estimate of drug-likeness (QED) is 0.0994. The summed E-state index contributed by atoms with van der Waals surface area (Å²) in [5, 5.41) is 17.8. The summed E-state index contributed by atoms with van der Waals surface area (Å²) in [5.74, 6) is 0.779. The van der Waals surface area contributed by atoms with E-state index in [1.165, 1.54) is 24.3 Å². The smallest absolute Gasteiger partial charge is 0.295 e. The lowest BCUT2D eigenvalue weighted by molar-refractivity contribution is -0.119. The molecular formula is C37H42N6O8S2. The first kappa shape index (κ1) is 37.8. The average molecular weight is 763 g/mol. The van der Waals surface area contributed by atoms with Crippen LogP contribution >= 0.6 is 0 Å². The topological polar surface area (TPSA) is 213 Å². The van der Waals surface area contributed by atoms with E-state index in [1.54, 1.807) is 16.9 Å². The van der Waals surface area contributed by atoms with Crippen LogP contribution in [-0.4, -0.2) is 63.8 Å². The predicted octanol–water partition coefficient (Wildman–Crippen LogP) is 5.98. The fraction of sp³-hybridized carbons (Fsp3) is 0.351. The molecule has 5 N–H and O–H groups in total. The standard InChI is InChI=1S/C27H34N6O2.C10H8O6S2/c1-15(2)33-22(13-14-28-33)26(34)30-25(24(19-5-6-19)20-7-8-20)27(35)29-21-11-9-18(10-12-21)23-16(3)31-32-17(23)4;11-17(12,13)9-5-1-3-7-8(9)4-2-6-10(7)18(14,15)16/h9-15,19-20,24-25H,5-8H2,1-4H3,(H,29,35)(H,30,34)(H,31,32);1-6H,(H,11,12,13)(H,14,15,16)/t25-;/m0./s1. The zero-order valence-electron chi connectivity index (χ0n) is 29.6. The van der Waals surface area contributed by atoms with Gasteiger partial charge in [-0.1, -0.05) is 36.4 Å². The van der Waals surface area contributed by atoms with Crippen LogP contribution in [0.1, 0.15) is 67.4 Å². The molecular weight excluding hydrogens is 721 g/mol. The highest BCUT2D eigenvalue weighted by Gasteiger charge is 2.48. The van der Waals surface area contributed by atoms with Crippen LogP contribution in [0, 0.1) is 31.6 Å². The first-order valence-corrected chi connectivity index (χ1v) is 20.2. The fourth-order valence-corrected chi connectivity index (χ4v) is 8.38. The molecule has 7 rings (SSSR count). The molecule has 2 heterocycles. The molecule has 2 amide bonds. The number of nitrogens with one attached hydrogen (secondary N) is 3. The number of anilines is 1. The van der Waals surface area contributed by atoms with Gasteiger partial charge in [-0.3, -0.25) is 28.5 Å². The maximum absolute atomic E-state index is 13.6. The summed E-state index contributed by atoms with van der Waals surface area (Å²) >= 11 is 0. The zero-order valence-corrected chi connectivity index (χ0v) is 31.3. The first-order chi connectivity index (χ1) is 25.0. The van der Waals surface area contributed by atoms with Crippen LogP contribution in [0.15, 0.2) is 82.7 Å². The van der Waals surface area contributed by atoms with Crippen LogP contribution < -0.4 is 10.6 Å². The van der Waals surface area contributed by atoms with E-state index < -0.39 is 36.1 Å². The molecule has 0 aliphatic heterocycles. The highest BCUT2D eigenvalue weighted by atomic mass is 32.2. The molecule has 3 aromatic carbocycles. The summed E-state index contributed by atoms with van der Waals surface area (Å²) in [5.41, 5.74) is 5.29. The molecule has 0 unspecified atom stereocenters. The summed E-state index contributed by atoms with van der Waals surface area (Å²) in [4.78, 5) is 26.0. The number of aromatic amines is 1. The van der Waals surface area contributed by atoms with Gasteiger partial charge in [0.25, 0.3) is 26.1 Å². The van der Waals surface area contributed by atoms with Crippen molar-refractivity contribution in [1.82, 2.24) is 25.3 Å². The van der Waals surface area contributed by atoms with Gasteiger partial charge in [0.2, 0.25) is 5.91 Å². The van der Waals surface area contributed by atoms with Gasteiger partial charge >= 0.3 is 0 Å². The minimum absolute atomic E-state index is 0.0233. The summed E-state index contributed by atoms with van der Waals surface area (Å²) in [6.07, 6.45) is 6.14. The molecule has 0 saturated heterocycles. The number of fused-ring (bicyclic) bond motifs is 1. The normalized spacial score (nSPS) is 15.2. The molecule has 5 aromatic rings. The largest absolute Gasteiger partial charge is 0.339 e. The van der Waals surface area contributed by atoms with E-state index in [-0.39, 0.29) is 34.5 Å². The molecule has 280 valence electrons. The summed E-state index contributed by atoms with van der Waals surface area (Å²) in [6.45, 7) is 7.95. The molecule has 53 heavy (non-hydrogen) atoms. The third-order valence-corrected chi connectivity index (χ3v) is 11.5. The van der Waals surface area contributed by atoms with Crippen LogP contribution in [0.5, 0.6) is 0 Å². The molecule has 2 fully saturated rings. The first-order valence-electron chi connectivity index (χ1n) is 17.3. The zero-order chi connectivity index (χ0) is 38.2. The summed E-state index contributed by atoms with van der Waals surface area (Å²) in [6, 6.07) is 16.5. The van der Waals surface area contributed by atoms with Crippen molar-refractivity contribution in [2.75, 3.05) is 5.32 Å². The van der Waals surface area contributed by atoms with Crippen LogP contribution in [0.25, 0.3) is 21.9 Å². The second-order valence-electron chi connectivity index (χ2n) is 13.9. The molecule has 1 atom stereocenters. The van der Waals surface area contributed by atoms with Crippen molar-refractivity contribution in [3.05, 3.63) is 90.0 Å². The number of hydrogen-bond acceptors (Lipinski definition) is 8. The van der Waals surface area contributed by atoms with E-state index in [0.717, 1.165) is 66.0 Å². The Balaban J connectivity index is 0.000000225. The van der Waals surface area contributed by atoms with E-state index in [2.05, 4.69) is 25.9 Å². The highest BCUT2D eigenvalue weighted by molar-refractivity contribution is 7.86. The molecule has 0 spiro atoms. The Bertz CT molecular complexity index is 2280. The Morgan fingerprint density at radius 2 is 1.38 bits per heavy atom. The lowest BCUT2D eigenvalue weighted by atomic mass is 9.88. The Kier molecular flexibility index (Phi) is 10.6. The van der Waals surface area contributed by atoms with Gasteiger partial charge in [-0.05, 0) is 107 Å². The monoisotopic (exact) mass is 762 g/mol. The minimum atomic E-state index is -4.47. The maximum atomic E-state index is 13.6. The number of H-pyrrole nitrogens is 1. The van der Waals surface area contributed by atoms with Crippen LogP contribution in [-0.2, 0) is 25.0 Å². The molecule has 2 aliphatic rings. The number of benzene rings is 3. The average Bonchev–Trinajstić information content (AvgIpc) is 4.04. The number of carbonyl (C=O) groups excluding carboxylic acids is 2. The Morgan fingerprint density at radius 3 is 1.83 bits per heavy atom. The number of amides is 2. The third kappa shape index (κ3) is 8.51. The van der Waals surface area contributed by atoms with Crippen molar-refractivity contribution in [1.29, 1.82) is 0 Å². The van der Waals surface area contributed by atoms with Gasteiger partial charge in [-0.25, -0.2) is 0 Å². The Hall–Kier alpha value is -4.90. The molecule has 0 radical (unpaired) electrons. The molecule has 2 saturated carbocycles. The number of hydrogen-bond donors (Lipinski definition) is 5. The second-order valence-corrected chi connectivity index (χ2v) is 16.7. The molecule has 14 nitrogen and oxygen atoms in total. The van der Waals surface area contributed by atoms with Crippen molar-refractivity contribution in [3.8, 4) is 11.1 Å². The summed E-state index contributed by atoms with van der Waals surface area (Å²) < 4.78 is 64.4. The highest BCUT2D eigenvalue weighted by Crippen LogP contribution is 2.51. The van der Waals surface area contributed by atoms with Crippen molar-refractivity contribution in [2.24, 2.45) is 17.8 Å². The number of carbonyl (C=O) groups is 2. The number of rotatable bonds is 11. The van der Waals surface area contributed by atoms with E-state index >= 15 is 0 Å². The second kappa shape index (κ2) is 14.9. The van der Waals surface area contributed by atoms with Gasteiger partial charge < -0.3 is 10.6 Å². The van der Waals surface area contributed by atoms with E-state index in [0.29, 0.717) is 17.5 Å². The number of aryl methyl sites for hydroxylation is 2. The lowest BCUT2D eigenvalue weighted by Crippen LogP contribution is -2.50. The van der Waals surface area contributed by atoms with Gasteiger partial charge in [-0.15, -0.1) is 0 Å². The van der Waals surface area contributed by atoms with Crippen molar-refractivity contribution >= 4 is 48.5 Å². The Morgan fingerprint density at radius 1 is 0.830 bits per heavy atom. The van der Waals surface area contributed by atoms with Gasteiger partial charge in [-0.2, -0.15) is 27.0 Å². The number of nitrogens with zero attached hydrogens (tertiary/aromatic N) is 3. The molecule has 2 aromatic heterocycles. The summed E-state index contributed by atoms with van der Waals surface area (Å²) in [7, 11) is -8.94. The van der Waals surface area contributed by atoms with Gasteiger partial charge in [0, 0.05) is 40.0 Å².